The quantitative estimate of drug-likeness (QED) is 0.776. The lowest BCUT2D eigenvalue weighted by Crippen LogP contribution is -2.41. The van der Waals surface area contributed by atoms with Crippen molar-refractivity contribution in [3.63, 3.8) is 0 Å². The van der Waals surface area contributed by atoms with Crippen LogP contribution >= 0.6 is 0 Å². The zero-order valence-electron chi connectivity index (χ0n) is 9.43. The molecule has 0 spiro atoms. The van der Waals surface area contributed by atoms with Crippen molar-refractivity contribution < 1.29 is 5.11 Å². The van der Waals surface area contributed by atoms with E-state index in [2.05, 4.69) is 21.4 Å². The summed E-state index contributed by atoms with van der Waals surface area (Å²) in [6.07, 6.45) is 4.51. The van der Waals surface area contributed by atoms with Gasteiger partial charge in [-0.3, -0.25) is 4.90 Å². The first kappa shape index (κ1) is 10.6. The Kier molecular flexibility index (Phi) is 3.07. The maximum atomic E-state index is 9.63. The van der Waals surface area contributed by atoms with E-state index in [1.165, 1.54) is 5.69 Å². The molecule has 0 amide bonds. The Balaban J connectivity index is 1.94. The molecule has 1 aliphatic rings. The predicted molar refractivity (Wildman–Crippen MR) is 58.3 cm³/mol. The van der Waals surface area contributed by atoms with Gasteiger partial charge in [0.05, 0.1) is 18.1 Å². The maximum absolute atomic E-state index is 9.63. The number of rotatable bonds is 2. The van der Waals surface area contributed by atoms with Crippen molar-refractivity contribution in [3.8, 4) is 0 Å². The number of piperidine rings is 1. The Labute approximate surface area is 90.5 Å². The average molecular weight is 209 g/mol. The molecule has 1 fully saturated rings. The van der Waals surface area contributed by atoms with E-state index in [0.29, 0.717) is 5.92 Å². The summed E-state index contributed by atoms with van der Waals surface area (Å²) in [5, 5.41) is 9.63. The number of likely N-dealkylation sites (tertiary alicyclic amines) is 1. The Hall–Kier alpha value is -0.870. The van der Waals surface area contributed by atoms with Gasteiger partial charge in [0.1, 0.15) is 0 Å². The zero-order valence-corrected chi connectivity index (χ0v) is 9.43. The van der Waals surface area contributed by atoms with Gasteiger partial charge in [-0.2, -0.15) is 0 Å². The molecular weight excluding hydrogens is 190 g/mol. The molecule has 1 aromatic rings. The zero-order chi connectivity index (χ0) is 10.8. The van der Waals surface area contributed by atoms with Gasteiger partial charge < -0.3 is 9.67 Å². The van der Waals surface area contributed by atoms with Crippen LogP contribution < -0.4 is 0 Å². The minimum atomic E-state index is -0.118. The van der Waals surface area contributed by atoms with Crippen LogP contribution in [0.3, 0.4) is 0 Å². The van der Waals surface area contributed by atoms with E-state index in [1.807, 2.05) is 19.6 Å². The van der Waals surface area contributed by atoms with E-state index in [1.54, 1.807) is 0 Å². The smallest absolute Gasteiger partial charge is 0.0945 e. The lowest BCUT2D eigenvalue weighted by Gasteiger charge is -2.34. The third-order valence-corrected chi connectivity index (χ3v) is 3.25. The second-order valence-electron chi connectivity index (χ2n) is 4.56. The summed E-state index contributed by atoms with van der Waals surface area (Å²) in [4.78, 5) is 6.49. The number of hydrogen-bond acceptors (Lipinski definition) is 3. The van der Waals surface area contributed by atoms with Crippen molar-refractivity contribution in [3.05, 3.63) is 18.2 Å². The van der Waals surface area contributed by atoms with Crippen LogP contribution in [0.25, 0.3) is 0 Å². The Morgan fingerprint density at radius 3 is 3.00 bits per heavy atom. The highest BCUT2D eigenvalue weighted by Crippen LogP contribution is 2.18. The molecule has 1 saturated heterocycles. The molecule has 2 unspecified atom stereocenters. The standard InChI is InChI=1S/C11H19N3O/c1-9-6-14(4-3-11(9)15)7-10-5-12-8-13(10)2/h5,8-9,11,15H,3-4,6-7H2,1-2H3. The first-order chi connectivity index (χ1) is 7.16. The summed E-state index contributed by atoms with van der Waals surface area (Å²) in [5.74, 6) is 0.381. The molecule has 0 aromatic carbocycles. The molecule has 0 bridgehead atoms. The lowest BCUT2D eigenvalue weighted by atomic mass is 9.97. The summed E-state index contributed by atoms with van der Waals surface area (Å²) < 4.78 is 2.05. The highest BCUT2D eigenvalue weighted by Gasteiger charge is 2.24. The molecule has 84 valence electrons. The van der Waals surface area contributed by atoms with Crippen LogP contribution in [0.1, 0.15) is 19.0 Å². The highest BCUT2D eigenvalue weighted by molar-refractivity contribution is 4.98. The number of aromatic nitrogens is 2. The van der Waals surface area contributed by atoms with Crippen molar-refractivity contribution in [1.29, 1.82) is 0 Å². The monoisotopic (exact) mass is 209 g/mol. The van der Waals surface area contributed by atoms with Crippen molar-refractivity contribution in [2.75, 3.05) is 13.1 Å². The molecule has 2 rings (SSSR count). The molecule has 0 saturated carbocycles. The van der Waals surface area contributed by atoms with Gasteiger partial charge in [0.15, 0.2) is 0 Å². The summed E-state index contributed by atoms with van der Waals surface area (Å²) in [6.45, 7) is 5.01. The van der Waals surface area contributed by atoms with Crippen LogP contribution in [-0.4, -0.2) is 38.8 Å². The summed E-state index contributed by atoms with van der Waals surface area (Å²) >= 11 is 0. The third-order valence-electron chi connectivity index (χ3n) is 3.25. The molecule has 4 nitrogen and oxygen atoms in total. The van der Waals surface area contributed by atoms with Crippen molar-refractivity contribution in [2.24, 2.45) is 13.0 Å². The number of hydrogen-bond donors (Lipinski definition) is 1. The number of aliphatic hydroxyl groups is 1. The third kappa shape index (κ3) is 2.38. The predicted octanol–water partition coefficient (Wildman–Crippen LogP) is 0.623. The van der Waals surface area contributed by atoms with Crippen LogP contribution in [0.4, 0.5) is 0 Å². The van der Waals surface area contributed by atoms with E-state index in [4.69, 9.17) is 0 Å². The Bertz CT molecular complexity index is 323. The van der Waals surface area contributed by atoms with Crippen LogP contribution in [0.5, 0.6) is 0 Å². The molecule has 1 N–H and O–H groups in total. The van der Waals surface area contributed by atoms with E-state index in [0.717, 1.165) is 26.1 Å². The fourth-order valence-electron chi connectivity index (χ4n) is 2.13. The number of aryl methyl sites for hydroxylation is 1. The summed E-state index contributed by atoms with van der Waals surface area (Å²) in [7, 11) is 2.02. The number of imidazole rings is 1. The highest BCUT2D eigenvalue weighted by atomic mass is 16.3. The van der Waals surface area contributed by atoms with Gasteiger partial charge in [-0.15, -0.1) is 0 Å². The largest absolute Gasteiger partial charge is 0.393 e. The van der Waals surface area contributed by atoms with E-state index in [-0.39, 0.29) is 6.10 Å². The van der Waals surface area contributed by atoms with Crippen molar-refractivity contribution in [2.45, 2.75) is 26.0 Å². The van der Waals surface area contributed by atoms with Crippen molar-refractivity contribution >= 4 is 0 Å². The molecule has 0 radical (unpaired) electrons. The first-order valence-electron chi connectivity index (χ1n) is 5.52. The molecule has 2 heterocycles. The maximum Gasteiger partial charge on any atom is 0.0945 e. The van der Waals surface area contributed by atoms with Gasteiger partial charge in [-0.05, 0) is 12.3 Å². The average Bonchev–Trinajstić information content (AvgIpc) is 2.59. The fourth-order valence-corrected chi connectivity index (χ4v) is 2.13. The lowest BCUT2D eigenvalue weighted by molar-refractivity contribution is 0.0313. The molecule has 2 atom stereocenters. The second kappa shape index (κ2) is 4.33. The molecule has 4 heteroatoms. The topological polar surface area (TPSA) is 41.3 Å². The molecule has 1 aromatic heterocycles. The van der Waals surface area contributed by atoms with Crippen molar-refractivity contribution in [1.82, 2.24) is 14.5 Å². The Morgan fingerprint density at radius 2 is 2.40 bits per heavy atom. The summed E-state index contributed by atoms with van der Waals surface area (Å²) in [5.41, 5.74) is 1.23. The van der Waals surface area contributed by atoms with Gasteiger partial charge in [-0.25, -0.2) is 4.98 Å². The minimum absolute atomic E-state index is 0.118. The van der Waals surface area contributed by atoms with Gasteiger partial charge in [0.25, 0.3) is 0 Å². The van der Waals surface area contributed by atoms with E-state index < -0.39 is 0 Å². The van der Waals surface area contributed by atoms with Crippen LogP contribution in [0.15, 0.2) is 12.5 Å². The molecule has 15 heavy (non-hydrogen) atoms. The first-order valence-corrected chi connectivity index (χ1v) is 5.52. The second-order valence-corrected chi connectivity index (χ2v) is 4.56. The fraction of sp³-hybridized carbons (Fsp3) is 0.727. The van der Waals surface area contributed by atoms with Crippen LogP contribution in [-0.2, 0) is 13.6 Å². The molecular formula is C11H19N3O. The normalized spacial score (nSPS) is 28.2. The molecule has 1 aliphatic heterocycles. The Morgan fingerprint density at radius 1 is 1.60 bits per heavy atom. The number of aliphatic hydroxyl groups excluding tert-OH is 1. The van der Waals surface area contributed by atoms with Gasteiger partial charge in [0, 0.05) is 32.9 Å². The van der Waals surface area contributed by atoms with E-state index >= 15 is 0 Å². The minimum Gasteiger partial charge on any atom is -0.393 e. The molecule has 0 aliphatic carbocycles. The summed E-state index contributed by atoms with van der Waals surface area (Å²) in [6, 6.07) is 0. The SMILES string of the molecule is CC1CN(Cc2cncn2C)CCC1O. The van der Waals surface area contributed by atoms with Crippen LogP contribution in [0, 0.1) is 5.92 Å². The number of nitrogens with zero attached hydrogens (tertiary/aromatic N) is 3. The van der Waals surface area contributed by atoms with Gasteiger partial charge >= 0.3 is 0 Å². The van der Waals surface area contributed by atoms with Gasteiger partial charge in [0.2, 0.25) is 0 Å². The van der Waals surface area contributed by atoms with E-state index in [9.17, 15) is 5.11 Å². The van der Waals surface area contributed by atoms with Gasteiger partial charge in [-0.1, -0.05) is 6.92 Å². The van der Waals surface area contributed by atoms with Crippen LogP contribution in [0.2, 0.25) is 0 Å².